The fourth-order valence-corrected chi connectivity index (χ4v) is 3.19. The third-order valence-electron chi connectivity index (χ3n) is 3.25. The van der Waals surface area contributed by atoms with E-state index in [1.165, 1.54) is 4.88 Å². The smallest absolute Gasteiger partial charge is 0.328 e. The van der Waals surface area contributed by atoms with Crippen LogP contribution in [-0.2, 0) is 22.6 Å². The molecule has 1 atom stereocenters. The van der Waals surface area contributed by atoms with Crippen LogP contribution in [0.2, 0.25) is 0 Å². The quantitative estimate of drug-likeness (QED) is 0.874. The summed E-state index contributed by atoms with van der Waals surface area (Å²) in [5.74, 6) is -0.191. The number of fused-ring (bicyclic) bond motifs is 1. The topological polar surface area (TPSA) is 38.3 Å². The van der Waals surface area contributed by atoms with Crippen molar-refractivity contribution in [3.8, 4) is 0 Å². The highest BCUT2D eigenvalue weighted by molar-refractivity contribution is 7.10. The van der Waals surface area contributed by atoms with E-state index in [2.05, 4.69) is 5.32 Å². The zero-order valence-corrected chi connectivity index (χ0v) is 11.3. The van der Waals surface area contributed by atoms with Gasteiger partial charge >= 0.3 is 5.97 Å². The number of carbonyl (C=O) groups is 1. The maximum absolute atomic E-state index is 12.2. The van der Waals surface area contributed by atoms with E-state index in [-0.39, 0.29) is 12.0 Å². The summed E-state index contributed by atoms with van der Waals surface area (Å²) in [4.78, 5) is 13.4. The molecule has 0 saturated heterocycles. The van der Waals surface area contributed by atoms with Gasteiger partial charge in [-0.2, -0.15) is 0 Å². The van der Waals surface area contributed by atoms with Crippen LogP contribution in [-0.4, -0.2) is 12.5 Å². The van der Waals surface area contributed by atoms with Crippen molar-refractivity contribution in [3.05, 3.63) is 57.8 Å². The molecule has 1 unspecified atom stereocenters. The van der Waals surface area contributed by atoms with Crippen LogP contribution >= 0.6 is 11.3 Å². The molecule has 1 N–H and O–H groups in total. The molecule has 0 fully saturated rings. The van der Waals surface area contributed by atoms with Crippen molar-refractivity contribution in [2.75, 3.05) is 6.54 Å². The Bertz CT molecular complexity index is 565. The Labute approximate surface area is 116 Å². The molecule has 0 saturated carbocycles. The van der Waals surface area contributed by atoms with Crippen LogP contribution in [0.3, 0.4) is 0 Å². The molecule has 3 nitrogen and oxygen atoms in total. The minimum Gasteiger partial charge on any atom is -0.459 e. The number of hydrogen-bond acceptors (Lipinski definition) is 4. The van der Waals surface area contributed by atoms with Crippen molar-refractivity contribution in [2.45, 2.75) is 19.1 Å². The SMILES string of the molecule is O=C(OCc1ccccc1)C1NCCc2sccc21. The van der Waals surface area contributed by atoms with Crippen LogP contribution < -0.4 is 5.32 Å². The summed E-state index contributed by atoms with van der Waals surface area (Å²) >= 11 is 1.71. The van der Waals surface area contributed by atoms with E-state index < -0.39 is 0 Å². The molecule has 0 spiro atoms. The van der Waals surface area contributed by atoms with Crippen LogP contribution in [0, 0.1) is 0 Å². The molecule has 1 aromatic carbocycles. The predicted molar refractivity (Wildman–Crippen MR) is 75.0 cm³/mol. The number of nitrogens with one attached hydrogen (secondary N) is 1. The molecule has 1 aromatic heterocycles. The van der Waals surface area contributed by atoms with E-state index in [4.69, 9.17) is 4.74 Å². The highest BCUT2D eigenvalue weighted by Gasteiger charge is 2.28. The molecule has 0 bridgehead atoms. The summed E-state index contributed by atoms with van der Waals surface area (Å²) in [5, 5.41) is 5.27. The Balaban J connectivity index is 1.66. The van der Waals surface area contributed by atoms with Gasteiger partial charge in [0.1, 0.15) is 12.6 Å². The minimum absolute atomic E-state index is 0.191. The third kappa shape index (κ3) is 2.69. The first-order chi connectivity index (χ1) is 9.34. The predicted octanol–water partition coefficient (Wildman–Crippen LogP) is 2.68. The zero-order valence-electron chi connectivity index (χ0n) is 10.5. The summed E-state index contributed by atoms with van der Waals surface area (Å²) in [7, 11) is 0. The van der Waals surface area contributed by atoms with Crippen molar-refractivity contribution in [3.63, 3.8) is 0 Å². The molecule has 0 radical (unpaired) electrons. The van der Waals surface area contributed by atoms with Gasteiger partial charge in [-0.25, -0.2) is 4.79 Å². The molecule has 4 heteroatoms. The molecule has 1 aliphatic heterocycles. The van der Waals surface area contributed by atoms with E-state index in [0.29, 0.717) is 6.61 Å². The highest BCUT2D eigenvalue weighted by Crippen LogP contribution is 2.28. The van der Waals surface area contributed by atoms with Crippen LogP contribution in [0.25, 0.3) is 0 Å². The maximum atomic E-state index is 12.2. The first-order valence-electron chi connectivity index (χ1n) is 6.35. The molecule has 2 heterocycles. The van der Waals surface area contributed by atoms with Crippen LogP contribution in [0.15, 0.2) is 41.8 Å². The van der Waals surface area contributed by atoms with Gasteiger partial charge in [-0.1, -0.05) is 30.3 Å². The summed E-state index contributed by atoms with van der Waals surface area (Å²) in [5.41, 5.74) is 2.09. The van der Waals surface area contributed by atoms with Crippen molar-refractivity contribution >= 4 is 17.3 Å². The monoisotopic (exact) mass is 273 g/mol. The Kier molecular flexibility index (Phi) is 3.62. The van der Waals surface area contributed by atoms with Gasteiger partial charge in [-0.05, 0) is 29.0 Å². The molecule has 2 aromatic rings. The second-order valence-corrected chi connectivity index (χ2v) is 5.53. The number of benzene rings is 1. The lowest BCUT2D eigenvalue weighted by molar-refractivity contribution is -0.147. The fraction of sp³-hybridized carbons (Fsp3) is 0.267. The van der Waals surface area contributed by atoms with E-state index in [9.17, 15) is 4.79 Å². The van der Waals surface area contributed by atoms with Crippen LogP contribution in [0.5, 0.6) is 0 Å². The number of rotatable bonds is 3. The lowest BCUT2D eigenvalue weighted by atomic mass is 10.0. The van der Waals surface area contributed by atoms with Gasteiger partial charge in [0.15, 0.2) is 0 Å². The van der Waals surface area contributed by atoms with E-state index in [1.54, 1.807) is 11.3 Å². The number of esters is 1. The second kappa shape index (κ2) is 5.55. The number of thiophene rings is 1. The molecule has 0 amide bonds. The molecule has 19 heavy (non-hydrogen) atoms. The first-order valence-corrected chi connectivity index (χ1v) is 7.23. The van der Waals surface area contributed by atoms with E-state index >= 15 is 0 Å². The number of hydrogen-bond donors (Lipinski definition) is 1. The van der Waals surface area contributed by atoms with Crippen LogP contribution in [0.4, 0.5) is 0 Å². The van der Waals surface area contributed by atoms with Crippen molar-refractivity contribution in [1.82, 2.24) is 5.32 Å². The summed E-state index contributed by atoms with van der Waals surface area (Å²) in [6, 6.07) is 11.5. The molecule has 3 rings (SSSR count). The van der Waals surface area contributed by atoms with Gasteiger partial charge in [0.2, 0.25) is 0 Å². The first kappa shape index (κ1) is 12.4. The Hall–Kier alpha value is -1.65. The number of carbonyl (C=O) groups excluding carboxylic acids is 1. The minimum atomic E-state index is -0.307. The largest absolute Gasteiger partial charge is 0.459 e. The lowest BCUT2D eigenvalue weighted by Gasteiger charge is -2.22. The Morgan fingerprint density at radius 2 is 2.16 bits per heavy atom. The summed E-state index contributed by atoms with van der Waals surface area (Å²) in [6.07, 6.45) is 0.996. The second-order valence-electron chi connectivity index (χ2n) is 4.53. The average Bonchev–Trinajstić information content (AvgIpc) is 2.94. The zero-order chi connectivity index (χ0) is 13.1. The molecular formula is C15H15NO2S. The van der Waals surface area contributed by atoms with Gasteiger partial charge in [-0.15, -0.1) is 11.3 Å². The van der Waals surface area contributed by atoms with Gasteiger partial charge < -0.3 is 10.1 Å². The van der Waals surface area contributed by atoms with Gasteiger partial charge in [0, 0.05) is 11.4 Å². The van der Waals surface area contributed by atoms with Crippen molar-refractivity contribution in [2.24, 2.45) is 0 Å². The standard InChI is InChI=1S/C15H15NO2S/c17-15(18-10-11-4-2-1-3-5-11)14-12-7-9-19-13(12)6-8-16-14/h1-5,7,9,14,16H,6,8,10H2. The normalized spacial score (nSPS) is 17.8. The molecular weight excluding hydrogens is 258 g/mol. The maximum Gasteiger partial charge on any atom is 0.328 e. The number of ether oxygens (including phenoxy) is 1. The Morgan fingerprint density at radius 1 is 1.32 bits per heavy atom. The van der Waals surface area contributed by atoms with Gasteiger partial charge in [0.25, 0.3) is 0 Å². The summed E-state index contributed by atoms with van der Waals surface area (Å²) < 4.78 is 5.40. The Morgan fingerprint density at radius 3 is 3.00 bits per heavy atom. The van der Waals surface area contributed by atoms with Gasteiger partial charge in [0.05, 0.1) is 0 Å². The van der Waals surface area contributed by atoms with Crippen molar-refractivity contribution in [1.29, 1.82) is 0 Å². The van der Waals surface area contributed by atoms with Gasteiger partial charge in [-0.3, -0.25) is 0 Å². The van der Waals surface area contributed by atoms with Crippen LogP contribution in [0.1, 0.15) is 22.0 Å². The lowest BCUT2D eigenvalue weighted by Crippen LogP contribution is -2.35. The van der Waals surface area contributed by atoms with E-state index in [0.717, 1.165) is 24.1 Å². The molecule has 1 aliphatic rings. The van der Waals surface area contributed by atoms with Crippen molar-refractivity contribution < 1.29 is 9.53 Å². The van der Waals surface area contributed by atoms with E-state index in [1.807, 2.05) is 41.8 Å². The highest BCUT2D eigenvalue weighted by atomic mass is 32.1. The average molecular weight is 273 g/mol. The molecule has 0 aliphatic carbocycles. The third-order valence-corrected chi connectivity index (χ3v) is 4.25. The molecule has 98 valence electrons. The fourth-order valence-electron chi connectivity index (χ4n) is 2.27. The summed E-state index contributed by atoms with van der Waals surface area (Å²) in [6.45, 7) is 1.16.